The number of carbonyl (C=O) groups is 1. The van der Waals surface area contributed by atoms with Crippen LogP contribution in [-0.4, -0.2) is 34.8 Å². The number of aryl methyl sites for hydroxylation is 1. The van der Waals surface area contributed by atoms with Crippen LogP contribution < -0.4 is 10.6 Å². The Balaban J connectivity index is 1.77. The minimum Gasteiger partial charge on any atom is -0.350 e. The van der Waals surface area contributed by atoms with E-state index in [1.54, 1.807) is 0 Å². The second-order valence-electron chi connectivity index (χ2n) is 6.00. The maximum absolute atomic E-state index is 12.3. The molecule has 0 radical (unpaired) electrons. The van der Waals surface area contributed by atoms with Crippen molar-refractivity contribution in [3.63, 3.8) is 0 Å². The molecule has 3 heterocycles. The molecule has 0 saturated carbocycles. The van der Waals surface area contributed by atoms with E-state index in [0.717, 1.165) is 33.8 Å². The number of nitrogens with zero attached hydrogens (tertiary/aromatic N) is 2. The lowest BCUT2D eigenvalue weighted by Gasteiger charge is -2.10. The Morgan fingerprint density at radius 3 is 3.10 bits per heavy atom. The summed E-state index contributed by atoms with van der Waals surface area (Å²) in [4.78, 5) is 14.2. The molecule has 1 aliphatic heterocycles. The van der Waals surface area contributed by atoms with Gasteiger partial charge in [-0.3, -0.25) is 9.48 Å². The summed E-state index contributed by atoms with van der Waals surface area (Å²) in [5.74, 6) is 0.390. The Kier molecular flexibility index (Phi) is 3.99. The molecule has 6 heteroatoms. The van der Waals surface area contributed by atoms with Crippen molar-refractivity contribution in [3.8, 4) is 0 Å². The molecule has 3 rings (SSSR count). The Bertz CT molecular complexity index is 652. The van der Waals surface area contributed by atoms with E-state index in [0.29, 0.717) is 18.5 Å². The van der Waals surface area contributed by atoms with Gasteiger partial charge in [0.15, 0.2) is 0 Å². The van der Waals surface area contributed by atoms with Gasteiger partial charge in [0.05, 0.1) is 10.6 Å². The highest BCUT2D eigenvalue weighted by Crippen LogP contribution is 2.31. The third kappa shape index (κ3) is 2.82. The van der Waals surface area contributed by atoms with Gasteiger partial charge in [0.1, 0.15) is 4.83 Å². The standard InChI is InChI=1S/C15H22N4OS/c1-9(2)13-11-7-12(21-15(11)19(3)18-13)14(20)17-8-10-5-4-6-16-10/h7,9-10,16H,4-6,8H2,1-3H3,(H,17,20). The molecule has 2 aromatic heterocycles. The molecule has 0 aromatic carbocycles. The molecule has 1 aliphatic rings. The highest BCUT2D eigenvalue weighted by atomic mass is 32.1. The number of aromatic nitrogens is 2. The van der Waals surface area contributed by atoms with Crippen molar-refractivity contribution in [2.24, 2.45) is 7.05 Å². The van der Waals surface area contributed by atoms with Gasteiger partial charge >= 0.3 is 0 Å². The summed E-state index contributed by atoms with van der Waals surface area (Å²) in [7, 11) is 1.94. The third-order valence-electron chi connectivity index (χ3n) is 3.98. The summed E-state index contributed by atoms with van der Waals surface area (Å²) in [5.41, 5.74) is 1.07. The first-order valence-electron chi connectivity index (χ1n) is 7.54. The van der Waals surface area contributed by atoms with Crippen LogP contribution >= 0.6 is 11.3 Å². The topological polar surface area (TPSA) is 59.0 Å². The molecule has 114 valence electrons. The average Bonchev–Trinajstić information content (AvgIpc) is 3.13. The summed E-state index contributed by atoms with van der Waals surface area (Å²) in [5, 5.41) is 12.1. The first-order valence-corrected chi connectivity index (χ1v) is 8.36. The molecule has 1 atom stereocenters. The quantitative estimate of drug-likeness (QED) is 0.911. The molecule has 1 amide bonds. The number of nitrogens with one attached hydrogen (secondary N) is 2. The largest absolute Gasteiger partial charge is 0.350 e. The van der Waals surface area contributed by atoms with Crippen LogP contribution in [0, 0.1) is 0 Å². The van der Waals surface area contributed by atoms with Crippen molar-refractivity contribution in [2.75, 3.05) is 13.1 Å². The van der Waals surface area contributed by atoms with Crippen LogP contribution in [0.4, 0.5) is 0 Å². The van der Waals surface area contributed by atoms with Crippen molar-refractivity contribution in [3.05, 3.63) is 16.6 Å². The number of amides is 1. The molecule has 2 N–H and O–H groups in total. The Morgan fingerprint density at radius 2 is 2.43 bits per heavy atom. The van der Waals surface area contributed by atoms with Gasteiger partial charge in [-0.25, -0.2) is 0 Å². The molecule has 0 spiro atoms. The lowest BCUT2D eigenvalue weighted by Crippen LogP contribution is -2.36. The van der Waals surface area contributed by atoms with E-state index in [1.165, 1.54) is 17.8 Å². The molecule has 1 fully saturated rings. The van der Waals surface area contributed by atoms with Crippen molar-refractivity contribution in [1.29, 1.82) is 0 Å². The van der Waals surface area contributed by atoms with Crippen LogP contribution in [0.15, 0.2) is 6.07 Å². The van der Waals surface area contributed by atoms with Crippen molar-refractivity contribution < 1.29 is 4.79 Å². The Hall–Kier alpha value is -1.40. The van der Waals surface area contributed by atoms with Gasteiger partial charge in [-0.2, -0.15) is 5.10 Å². The maximum atomic E-state index is 12.3. The summed E-state index contributed by atoms with van der Waals surface area (Å²) in [6.07, 6.45) is 2.35. The highest BCUT2D eigenvalue weighted by molar-refractivity contribution is 7.20. The van der Waals surface area contributed by atoms with Crippen LogP contribution in [0.5, 0.6) is 0 Å². The van der Waals surface area contributed by atoms with Crippen LogP contribution in [-0.2, 0) is 7.05 Å². The molecule has 0 bridgehead atoms. The molecule has 1 saturated heterocycles. The fourth-order valence-corrected chi connectivity index (χ4v) is 3.83. The zero-order valence-electron chi connectivity index (χ0n) is 12.8. The van der Waals surface area contributed by atoms with Gasteiger partial charge in [0.25, 0.3) is 5.91 Å². The van der Waals surface area contributed by atoms with E-state index in [1.807, 2.05) is 17.8 Å². The SMILES string of the molecule is CC(C)c1nn(C)c2sc(C(=O)NCC3CCCN3)cc12. The second-order valence-corrected chi connectivity index (χ2v) is 7.03. The van der Waals surface area contributed by atoms with Crippen LogP contribution in [0.1, 0.15) is 48.0 Å². The predicted molar refractivity (Wildman–Crippen MR) is 86.0 cm³/mol. The molecule has 5 nitrogen and oxygen atoms in total. The average molecular weight is 306 g/mol. The van der Waals surface area contributed by atoms with Crippen LogP contribution in [0.2, 0.25) is 0 Å². The maximum Gasteiger partial charge on any atom is 0.261 e. The number of carbonyl (C=O) groups excluding carboxylic acids is 1. The molecule has 21 heavy (non-hydrogen) atoms. The Morgan fingerprint density at radius 1 is 1.62 bits per heavy atom. The fourth-order valence-electron chi connectivity index (χ4n) is 2.84. The summed E-state index contributed by atoms with van der Waals surface area (Å²) in [6.45, 7) is 6.03. The predicted octanol–water partition coefficient (Wildman–Crippen LogP) is 2.24. The van der Waals surface area contributed by atoms with Crippen LogP contribution in [0.3, 0.4) is 0 Å². The molecular formula is C15H22N4OS. The smallest absolute Gasteiger partial charge is 0.261 e. The first kappa shape index (κ1) is 14.5. The second kappa shape index (κ2) is 5.77. The van der Waals surface area contributed by atoms with E-state index in [2.05, 4.69) is 29.6 Å². The zero-order valence-corrected chi connectivity index (χ0v) is 13.6. The fraction of sp³-hybridized carbons (Fsp3) is 0.600. The minimum absolute atomic E-state index is 0.0274. The van der Waals surface area contributed by atoms with E-state index in [9.17, 15) is 4.79 Å². The minimum atomic E-state index is 0.0274. The van der Waals surface area contributed by atoms with Gasteiger partial charge in [-0.1, -0.05) is 13.8 Å². The highest BCUT2D eigenvalue weighted by Gasteiger charge is 2.20. The van der Waals surface area contributed by atoms with Gasteiger partial charge in [-0.05, 0) is 31.4 Å². The number of thiophene rings is 1. The van der Waals surface area contributed by atoms with Gasteiger partial charge in [0, 0.05) is 25.0 Å². The molecule has 2 aromatic rings. The number of rotatable bonds is 4. The third-order valence-corrected chi connectivity index (χ3v) is 5.18. The van der Waals surface area contributed by atoms with Gasteiger partial charge < -0.3 is 10.6 Å². The van der Waals surface area contributed by atoms with E-state index >= 15 is 0 Å². The summed E-state index contributed by atoms with van der Waals surface area (Å²) >= 11 is 1.52. The summed E-state index contributed by atoms with van der Waals surface area (Å²) < 4.78 is 1.88. The van der Waals surface area contributed by atoms with E-state index in [4.69, 9.17) is 0 Å². The lowest BCUT2D eigenvalue weighted by molar-refractivity contribution is 0.0954. The Labute approximate surface area is 128 Å². The van der Waals surface area contributed by atoms with Gasteiger partial charge in [0.2, 0.25) is 0 Å². The monoisotopic (exact) mass is 306 g/mol. The normalized spacial score (nSPS) is 18.8. The van der Waals surface area contributed by atoms with Crippen LogP contribution in [0.25, 0.3) is 10.2 Å². The van der Waals surface area contributed by atoms with E-state index in [-0.39, 0.29) is 5.91 Å². The first-order chi connectivity index (χ1) is 10.1. The summed E-state index contributed by atoms with van der Waals surface area (Å²) in [6, 6.07) is 2.41. The lowest BCUT2D eigenvalue weighted by atomic mass is 10.1. The van der Waals surface area contributed by atoms with E-state index < -0.39 is 0 Å². The number of hydrogen-bond donors (Lipinski definition) is 2. The van der Waals surface area contributed by atoms with Gasteiger partial charge in [-0.15, -0.1) is 11.3 Å². The van der Waals surface area contributed by atoms with Crippen molar-refractivity contribution in [1.82, 2.24) is 20.4 Å². The molecular weight excluding hydrogens is 284 g/mol. The molecule has 0 aliphatic carbocycles. The number of hydrogen-bond acceptors (Lipinski definition) is 4. The zero-order chi connectivity index (χ0) is 15.0. The number of fused-ring (bicyclic) bond motifs is 1. The molecule has 1 unspecified atom stereocenters. The van der Waals surface area contributed by atoms with Crippen molar-refractivity contribution in [2.45, 2.75) is 38.6 Å². The van der Waals surface area contributed by atoms with Crippen molar-refractivity contribution >= 4 is 27.5 Å².